The summed E-state index contributed by atoms with van der Waals surface area (Å²) in [7, 11) is -1.45. The van der Waals surface area contributed by atoms with Crippen LogP contribution in [0.4, 0.5) is 0 Å². The van der Waals surface area contributed by atoms with E-state index in [1.165, 1.54) is 14.1 Å². The topological polar surface area (TPSA) is 187 Å². The number of carbonyl (C=O) groups excluding carboxylic acids is 1. The molecule has 166 valence electrons. The van der Waals surface area contributed by atoms with E-state index in [2.05, 4.69) is 10.8 Å². The van der Waals surface area contributed by atoms with Gasteiger partial charge in [-0.15, -0.1) is 0 Å². The SMILES string of the molecule is CN(C)S(=O)(=O)N[C@@H](CNC(=O)C[C@H]1C[C@@H](c2ccc(C(=N)N)cc2)NO1)C(=O)O. The van der Waals surface area contributed by atoms with Crippen molar-refractivity contribution in [1.82, 2.24) is 19.8 Å². The van der Waals surface area contributed by atoms with Crippen molar-refractivity contribution in [3.8, 4) is 0 Å². The van der Waals surface area contributed by atoms with Crippen LogP contribution in [0.15, 0.2) is 24.3 Å². The van der Waals surface area contributed by atoms with Crippen molar-refractivity contribution in [2.75, 3.05) is 20.6 Å². The largest absolute Gasteiger partial charge is 0.480 e. The predicted molar refractivity (Wildman–Crippen MR) is 108 cm³/mol. The summed E-state index contributed by atoms with van der Waals surface area (Å²) in [6.07, 6.45) is 0.0359. The van der Waals surface area contributed by atoms with Crippen molar-refractivity contribution in [3.63, 3.8) is 0 Å². The molecular weight excluding hydrogens is 416 g/mol. The molecule has 0 spiro atoms. The maximum absolute atomic E-state index is 12.2. The molecule has 0 radical (unpaired) electrons. The van der Waals surface area contributed by atoms with E-state index in [0.717, 1.165) is 9.87 Å². The molecule has 0 unspecified atom stereocenters. The molecule has 1 fully saturated rings. The number of hydrogen-bond donors (Lipinski definition) is 6. The summed E-state index contributed by atoms with van der Waals surface area (Å²) in [5.41, 5.74) is 9.79. The quantitative estimate of drug-likeness (QED) is 0.190. The number of carbonyl (C=O) groups is 2. The number of nitrogens with one attached hydrogen (secondary N) is 4. The Morgan fingerprint density at radius 1 is 1.37 bits per heavy atom. The molecule has 1 aromatic carbocycles. The zero-order valence-corrected chi connectivity index (χ0v) is 17.4. The van der Waals surface area contributed by atoms with Crippen LogP contribution in [-0.2, 0) is 24.6 Å². The number of amides is 1. The van der Waals surface area contributed by atoms with Crippen molar-refractivity contribution in [3.05, 3.63) is 35.4 Å². The van der Waals surface area contributed by atoms with Gasteiger partial charge in [-0.05, 0) is 12.0 Å². The fourth-order valence-electron chi connectivity index (χ4n) is 2.72. The average molecular weight is 442 g/mol. The van der Waals surface area contributed by atoms with Gasteiger partial charge in [0.25, 0.3) is 10.2 Å². The van der Waals surface area contributed by atoms with Gasteiger partial charge in [-0.25, -0.2) is 0 Å². The molecule has 1 amide bonds. The zero-order chi connectivity index (χ0) is 22.5. The summed E-state index contributed by atoms with van der Waals surface area (Å²) in [5, 5.41) is 19.0. The summed E-state index contributed by atoms with van der Waals surface area (Å²) >= 11 is 0. The van der Waals surface area contributed by atoms with Gasteiger partial charge in [0.15, 0.2) is 0 Å². The first kappa shape index (κ1) is 23.7. The smallest absolute Gasteiger partial charge is 0.323 e. The van der Waals surface area contributed by atoms with Gasteiger partial charge in [0.1, 0.15) is 11.9 Å². The number of amidine groups is 1. The first-order valence-corrected chi connectivity index (χ1v) is 10.5. The van der Waals surface area contributed by atoms with E-state index >= 15 is 0 Å². The van der Waals surface area contributed by atoms with Crippen LogP contribution in [0.25, 0.3) is 0 Å². The predicted octanol–water partition coefficient (Wildman–Crippen LogP) is -1.34. The van der Waals surface area contributed by atoms with Gasteiger partial charge >= 0.3 is 5.97 Å². The molecule has 1 saturated heterocycles. The second-order valence-electron chi connectivity index (χ2n) is 6.99. The van der Waals surface area contributed by atoms with Gasteiger partial charge in [0.05, 0.1) is 18.6 Å². The van der Waals surface area contributed by atoms with Gasteiger partial charge in [-0.3, -0.25) is 19.8 Å². The maximum atomic E-state index is 12.2. The number of carboxylic acids is 1. The Bertz CT molecular complexity index is 889. The summed E-state index contributed by atoms with van der Waals surface area (Å²) in [6, 6.07) is 5.42. The van der Waals surface area contributed by atoms with Crippen LogP contribution < -0.4 is 21.3 Å². The third-order valence-corrected chi connectivity index (χ3v) is 6.03. The van der Waals surface area contributed by atoms with Crippen LogP contribution in [0.1, 0.15) is 30.0 Å². The molecule has 1 aliphatic heterocycles. The average Bonchev–Trinajstić information content (AvgIpc) is 3.13. The highest BCUT2D eigenvalue weighted by Crippen LogP contribution is 2.27. The number of aliphatic carboxylic acids is 1. The highest BCUT2D eigenvalue weighted by molar-refractivity contribution is 7.87. The van der Waals surface area contributed by atoms with Gasteiger partial charge < -0.3 is 16.2 Å². The fourth-order valence-corrected chi connectivity index (χ4v) is 3.48. The molecule has 3 atom stereocenters. The lowest BCUT2D eigenvalue weighted by atomic mass is 9.99. The number of rotatable bonds is 10. The van der Waals surface area contributed by atoms with E-state index < -0.39 is 40.8 Å². The Hall–Kier alpha value is -2.58. The van der Waals surface area contributed by atoms with Gasteiger partial charge in [-0.2, -0.15) is 22.9 Å². The molecule has 12 nitrogen and oxygen atoms in total. The fraction of sp³-hybridized carbons (Fsp3) is 0.471. The highest BCUT2D eigenvalue weighted by Gasteiger charge is 2.30. The first-order chi connectivity index (χ1) is 14.0. The Balaban J connectivity index is 1.85. The third kappa shape index (κ3) is 6.47. The maximum Gasteiger partial charge on any atom is 0.323 e. The van der Waals surface area contributed by atoms with E-state index in [-0.39, 0.29) is 18.3 Å². The molecule has 1 aliphatic rings. The van der Waals surface area contributed by atoms with Crippen LogP contribution in [-0.4, -0.2) is 68.3 Å². The molecule has 2 rings (SSSR count). The first-order valence-electron chi connectivity index (χ1n) is 9.04. The van der Waals surface area contributed by atoms with Crippen molar-refractivity contribution >= 4 is 27.9 Å². The molecule has 13 heteroatoms. The summed E-state index contributed by atoms with van der Waals surface area (Å²) in [4.78, 5) is 28.8. The molecular formula is C17H26N6O6S. The standard InChI is InChI=1S/C17H26N6O6S/c1-23(2)30(27,28)22-14(17(25)26)9-20-15(24)8-12-7-13(21-29-12)10-3-5-11(6-4-10)16(18)19/h3-6,12-14,21-22H,7-9H2,1-2H3,(H3,18,19)(H,20,24)(H,25,26)/t12-,13+,14+/m1/s1. The number of hydroxylamine groups is 1. The van der Waals surface area contributed by atoms with Crippen LogP contribution in [0.3, 0.4) is 0 Å². The third-order valence-electron chi connectivity index (χ3n) is 4.49. The number of nitrogens with two attached hydrogens (primary N) is 1. The minimum absolute atomic E-state index is 0.0260. The number of carboxylic acid groups (broad SMARTS) is 1. The van der Waals surface area contributed by atoms with Crippen molar-refractivity contribution in [2.24, 2.45) is 5.73 Å². The number of hydrogen-bond acceptors (Lipinski definition) is 7. The van der Waals surface area contributed by atoms with E-state index in [1.807, 2.05) is 16.9 Å². The summed E-state index contributed by atoms with van der Waals surface area (Å²) in [5.74, 6) is -1.91. The lowest BCUT2D eigenvalue weighted by Gasteiger charge is -2.18. The lowest BCUT2D eigenvalue weighted by molar-refractivity contribution is -0.139. The molecule has 0 bridgehead atoms. The number of benzene rings is 1. The van der Waals surface area contributed by atoms with E-state index in [4.69, 9.17) is 16.0 Å². The molecule has 0 aromatic heterocycles. The molecule has 1 heterocycles. The summed E-state index contributed by atoms with van der Waals surface area (Å²) in [6.45, 7) is -0.405. The number of nitrogen functional groups attached to an aromatic ring is 1. The molecule has 0 aliphatic carbocycles. The molecule has 1 aromatic rings. The minimum atomic E-state index is -3.96. The second kappa shape index (κ2) is 9.95. The van der Waals surface area contributed by atoms with E-state index in [9.17, 15) is 23.1 Å². The van der Waals surface area contributed by atoms with Crippen LogP contribution >= 0.6 is 0 Å². The van der Waals surface area contributed by atoms with Gasteiger partial charge in [0.2, 0.25) is 5.91 Å². The van der Waals surface area contributed by atoms with E-state index in [0.29, 0.717) is 12.0 Å². The van der Waals surface area contributed by atoms with Crippen molar-refractivity contribution in [1.29, 1.82) is 5.41 Å². The Morgan fingerprint density at radius 2 is 2.00 bits per heavy atom. The normalized spacial score (nSPS) is 20.1. The zero-order valence-electron chi connectivity index (χ0n) is 16.6. The molecule has 7 N–H and O–H groups in total. The summed E-state index contributed by atoms with van der Waals surface area (Å²) < 4.78 is 26.4. The van der Waals surface area contributed by atoms with Crippen molar-refractivity contribution in [2.45, 2.75) is 31.0 Å². The molecule has 30 heavy (non-hydrogen) atoms. The van der Waals surface area contributed by atoms with Crippen LogP contribution in [0.2, 0.25) is 0 Å². The highest BCUT2D eigenvalue weighted by atomic mass is 32.2. The Labute approximate surface area is 174 Å². The van der Waals surface area contributed by atoms with Crippen LogP contribution in [0.5, 0.6) is 0 Å². The minimum Gasteiger partial charge on any atom is -0.480 e. The monoisotopic (exact) mass is 442 g/mol. The Morgan fingerprint density at radius 3 is 2.53 bits per heavy atom. The van der Waals surface area contributed by atoms with Crippen molar-refractivity contribution < 1.29 is 28.0 Å². The lowest BCUT2D eigenvalue weighted by Crippen LogP contribution is -2.51. The Kier molecular flexibility index (Phi) is 7.86. The van der Waals surface area contributed by atoms with Gasteiger partial charge in [-0.1, -0.05) is 24.3 Å². The van der Waals surface area contributed by atoms with Gasteiger partial charge in [0, 0.05) is 26.2 Å². The number of nitrogens with zero attached hydrogens (tertiary/aromatic N) is 1. The van der Waals surface area contributed by atoms with Crippen LogP contribution in [0, 0.1) is 5.41 Å². The molecule has 0 saturated carbocycles. The van der Waals surface area contributed by atoms with E-state index in [1.54, 1.807) is 12.1 Å². The second-order valence-corrected chi connectivity index (χ2v) is 8.90.